The SMILES string of the molecule is C=CC(C)(C)c1ccc(OCC)c(C=CC(=O)c2ccc(NC)cc2)c1OCC. The molecular weight excluding hydrogens is 362 g/mol. The van der Waals surface area contributed by atoms with Crippen LogP contribution in [0.15, 0.2) is 55.1 Å². The fourth-order valence-electron chi connectivity index (χ4n) is 2.99. The standard InChI is InChI=1S/C25H31NO3/c1-7-25(4,5)21-15-17-23(28-8-2)20(24(21)29-9-3)14-16-22(27)18-10-12-19(26-6)13-11-18/h7,10-17,26H,1,8-9H2,2-6H3. The number of carbonyl (C=O) groups excluding carboxylic acids is 1. The van der Waals surface area contributed by atoms with Crippen molar-refractivity contribution in [1.82, 2.24) is 0 Å². The Morgan fingerprint density at radius 2 is 1.72 bits per heavy atom. The predicted molar refractivity (Wildman–Crippen MR) is 121 cm³/mol. The second kappa shape index (κ2) is 9.97. The molecule has 0 amide bonds. The van der Waals surface area contributed by atoms with Gasteiger partial charge in [-0.05, 0) is 56.3 Å². The van der Waals surface area contributed by atoms with Crippen molar-refractivity contribution in [2.45, 2.75) is 33.1 Å². The quantitative estimate of drug-likeness (QED) is 0.311. The summed E-state index contributed by atoms with van der Waals surface area (Å²) in [7, 11) is 1.85. The van der Waals surface area contributed by atoms with E-state index in [1.165, 1.54) is 0 Å². The molecule has 0 atom stereocenters. The zero-order valence-electron chi connectivity index (χ0n) is 18.0. The number of hydrogen-bond donors (Lipinski definition) is 1. The number of hydrogen-bond acceptors (Lipinski definition) is 4. The number of benzene rings is 2. The summed E-state index contributed by atoms with van der Waals surface area (Å²) in [4.78, 5) is 12.7. The van der Waals surface area contributed by atoms with Crippen molar-refractivity contribution < 1.29 is 14.3 Å². The van der Waals surface area contributed by atoms with Crippen LogP contribution in [0.25, 0.3) is 6.08 Å². The highest BCUT2D eigenvalue weighted by Crippen LogP contribution is 2.40. The van der Waals surface area contributed by atoms with Crippen molar-refractivity contribution in [1.29, 1.82) is 0 Å². The van der Waals surface area contributed by atoms with Gasteiger partial charge >= 0.3 is 0 Å². The van der Waals surface area contributed by atoms with Crippen molar-refractivity contribution in [3.05, 3.63) is 71.8 Å². The molecule has 2 aromatic rings. The minimum atomic E-state index is -0.287. The number of anilines is 1. The highest BCUT2D eigenvalue weighted by atomic mass is 16.5. The fraction of sp³-hybridized carbons (Fsp3) is 0.320. The summed E-state index contributed by atoms with van der Waals surface area (Å²) in [6.07, 6.45) is 5.25. The molecule has 0 aliphatic carbocycles. The molecule has 154 valence electrons. The summed E-state index contributed by atoms with van der Waals surface area (Å²) >= 11 is 0. The molecule has 2 rings (SSSR count). The highest BCUT2D eigenvalue weighted by Gasteiger charge is 2.24. The van der Waals surface area contributed by atoms with Gasteiger partial charge in [-0.2, -0.15) is 0 Å². The van der Waals surface area contributed by atoms with Gasteiger partial charge in [0.05, 0.1) is 18.8 Å². The molecule has 0 aliphatic heterocycles. The number of allylic oxidation sites excluding steroid dienone is 2. The molecule has 29 heavy (non-hydrogen) atoms. The van der Waals surface area contributed by atoms with Crippen LogP contribution in [0.5, 0.6) is 11.5 Å². The lowest BCUT2D eigenvalue weighted by Crippen LogP contribution is -2.16. The van der Waals surface area contributed by atoms with E-state index < -0.39 is 0 Å². The van der Waals surface area contributed by atoms with Crippen LogP contribution in [-0.2, 0) is 5.41 Å². The van der Waals surface area contributed by atoms with Crippen LogP contribution in [0.2, 0.25) is 0 Å². The van der Waals surface area contributed by atoms with Crippen molar-refractivity contribution >= 4 is 17.5 Å². The molecule has 0 bridgehead atoms. The van der Waals surface area contributed by atoms with Gasteiger partial charge in [-0.1, -0.05) is 26.0 Å². The van der Waals surface area contributed by atoms with E-state index in [9.17, 15) is 4.79 Å². The van der Waals surface area contributed by atoms with Crippen LogP contribution >= 0.6 is 0 Å². The number of ketones is 1. The Morgan fingerprint density at radius 3 is 2.28 bits per heavy atom. The van der Waals surface area contributed by atoms with E-state index in [0.717, 1.165) is 22.6 Å². The molecule has 1 N–H and O–H groups in total. The Morgan fingerprint density at radius 1 is 1.07 bits per heavy atom. The maximum absolute atomic E-state index is 12.7. The number of carbonyl (C=O) groups is 1. The Labute approximate surface area is 174 Å². The molecule has 4 heteroatoms. The lowest BCUT2D eigenvalue weighted by molar-refractivity contribution is 0.104. The lowest BCUT2D eigenvalue weighted by Gasteiger charge is -2.26. The van der Waals surface area contributed by atoms with Crippen LogP contribution in [0.1, 0.15) is 49.2 Å². The van der Waals surface area contributed by atoms with E-state index >= 15 is 0 Å². The van der Waals surface area contributed by atoms with Gasteiger partial charge in [-0.25, -0.2) is 0 Å². The Hall–Kier alpha value is -3.01. The van der Waals surface area contributed by atoms with Gasteiger partial charge in [0.25, 0.3) is 0 Å². The smallest absolute Gasteiger partial charge is 0.185 e. The van der Waals surface area contributed by atoms with Gasteiger partial charge in [0.2, 0.25) is 0 Å². The number of rotatable bonds is 10. The van der Waals surface area contributed by atoms with E-state index in [2.05, 4.69) is 25.7 Å². The van der Waals surface area contributed by atoms with Gasteiger partial charge in [-0.3, -0.25) is 4.79 Å². The monoisotopic (exact) mass is 393 g/mol. The molecule has 0 unspecified atom stereocenters. The van der Waals surface area contributed by atoms with E-state index in [1.54, 1.807) is 12.2 Å². The van der Waals surface area contributed by atoms with Crippen LogP contribution < -0.4 is 14.8 Å². The van der Waals surface area contributed by atoms with Gasteiger partial charge in [-0.15, -0.1) is 6.58 Å². The van der Waals surface area contributed by atoms with Crippen LogP contribution in [0, 0.1) is 0 Å². The number of ether oxygens (including phenoxy) is 2. The molecule has 2 aromatic carbocycles. The molecular formula is C25H31NO3. The van der Waals surface area contributed by atoms with Gasteiger partial charge < -0.3 is 14.8 Å². The third-order valence-corrected chi connectivity index (χ3v) is 4.81. The number of nitrogens with one attached hydrogen (secondary N) is 1. The van der Waals surface area contributed by atoms with Crippen molar-refractivity contribution in [3.8, 4) is 11.5 Å². The van der Waals surface area contributed by atoms with E-state index in [4.69, 9.17) is 9.47 Å². The molecule has 0 aliphatic rings. The molecule has 0 saturated heterocycles. The van der Waals surface area contributed by atoms with Crippen LogP contribution in [0.3, 0.4) is 0 Å². The molecule has 0 aromatic heterocycles. The van der Waals surface area contributed by atoms with Gasteiger partial charge in [0.15, 0.2) is 5.78 Å². The first-order valence-electron chi connectivity index (χ1n) is 9.94. The Balaban J connectivity index is 2.51. The molecule has 4 nitrogen and oxygen atoms in total. The third kappa shape index (κ3) is 5.29. The van der Waals surface area contributed by atoms with Gasteiger partial charge in [0, 0.05) is 29.3 Å². The summed E-state index contributed by atoms with van der Waals surface area (Å²) in [6.45, 7) is 13.0. The average molecular weight is 394 g/mol. The molecule has 0 saturated carbocycles. The first-order valence-corrected chi connectivity index (χ1v) is 9.94. The third-order valence-electron chi connectivity index (χ3n) is 4.81. The summed E-state index contributed by atoms with van der Waals surface area (Å²) in [6, 6.07) is 11.3. The largest absolute Gasteiger partial charge is 0.493 e. The van der Waals surface area contributed by atoms with E-state index in [0.29, 0.717) is 24.5 Å². The molecule has 0 radical (unpaired) electrons. The highest BCUT2D eigenvalue weighted by molar-refractivity contribution is 6.07. The van der Waals surface area contributed by atoms with Crippen LogP contribution in [0.4, 0.5) is 5.69 Å². The van der Waals surface area contributed by atoms with Crippen molar-refractivity contribution in [2.24, 2.45) is 0 Å². The molecule has 0 heterocycles. The Kier molecular flexibility index (Phi) is 7.66. The maximum Gasteiger partial charge on any atom is 0.185 e. The lowest BCUT2D eigenvalue weighted by atomic mass is 9.83. The van der Waals surface area contributed by atoms with E-state index in [1.807, 2.05) is 63.4 Å². The summed E-state index contributed by atoms with van der Waals surface area (Å²) < 4.78 is 11.8. The summed E-state index contributed by atoms with van der Waals surface area (Å²) in [5.41, 5.74) is 3.07. The summed E-state index contributed by atoms with van der Waals surface area (Å²) in [5.74, 6) is 1.33. The normalized spacial score (nSPS) is 11.3. The summed E-state index contributed by atoms with van der Waals surface area (Å²) in [5, 5.41) is 3.05. The first kappa shape index (κ1) is 22.3. The predicted octanol–water partition coefficient (Wildman–Crippen LogP) is 5.89. The fourth-order valence-corrected chi connectivity index (χ4v) is 2.99. The Bertz CT molecular complexity index is 880. The van der Waals surface area contributed by atoms with E-state index in [-0.39, 0.29) is 11.2 Å². The van der Waals surface area contributed by atoms with Crippen molar-refractivity contribution in [2.75, 3.05) is 25.6 Å². The zero-order chi connectivity index (χ0) is 21.4. The second-order valence-corrected chi connectivity index (χ2v) is 7.17. The molecule has 0 fully saturated rings. The minimum absolute atomic E-state index is 0.0778. The second-order valence-electron chi connectivity index (χ2n) is 7.17. The zero-order valence-corrected chi connectivity index (χ0v) is 18.0. The first-order chi connectivity index (χ1) is 13.9. The topological polar surface area (TPSA) is 47.6 Å². The minimum Gasteiger partial charge on any atom is -0.493 e. The maximum atomic E-state index is 12.7. The average Bonchev–Trinajstić information content (AvgIpc) is 2.73. The van der Waals surface area contributed by atoms with Crippen molar-refractivity contribution in [3.63, 3.8) is 0 Å². The van der Waals surface area contributed by atoms with Crippen LogP contribution in [-0.4, -0.2) is 26.0 Å². The molecule has 0 spiro atoms. The van der Waals surface area contributed by atoms with Gasteiger partial charge in [0.1, 0.15) is 11.5 Å².